The Bertz CT molecular complexity index is 775. The zero-order valence-corrected chi connectivity index (χ0v) is 17.9. The van der Waals surface area contributed by atoms with Gasteiger partial charge in [-0.05, 0) is 69.6 Å². The van der Waals surface area contributed by atoms with E-state index in [1.165, 1.54) is 19.3 Å². The number of ether oxygens (including phenoxy) is 2. The van der Waals surface area contributed by atoms with Gasteiger partial charge in [0.15, 0.2) is 11.6 Å². The zero-order valence-electron chi connectivity index (χ0n) is 17.9. The number of hydrogen-bond acceptors (Lipinski definition) is 4. The highest BCUT2D eigenvalue weighted by molar-refractivity contribution is 5.52. The van der Waals surface area contributed by atoms with Gasteiger partial charge >= 0.3 is 0 Å². The monoisotopic (exact) mass is 400 g/mol. The van der Waals surface area contributed by atoms with Crippen molar-refractivity contribution in [3.63, 3.8) is 0 Å². The van der Waals surface area contributed by atoms with Gasteiger partial charge in [0.2, 0.25) is 0 Å². The van der Waals surface area contributed by atoms with E-state index in [9.17, 15) is 4.39 Å². The zero-order chi connectivity index (χ0) is 20.6. The van der Waals surface area contributed by atoms with Crippen molar-refractivity contribution in [2.75, 3.05) is 38.3 Å². The van der Waals surface area contributed by atoms with Gasteiger partial charge in [-0.25, -0.2) is 4.39 Å². The van der Waals surface area contributed by atoms with E-state index >= 15 is 0 Å². The highest BCUT2D eigenvalue weighted by atomic mass is 19.1. The fraction of sp³-hybridized carbons (Fsp3) is 0.500. The second-order valence-corrected chi connectivity index (χ2v) is 7.94. The summed E-state index contributed by atoms with van der Waals surface area (Å²) < 4.78 is 25.7. The predicted octanol–water partition coefficient (Wildman–Crippen LogP) is 5.11. The first-order valence-corrected chi connectivity index (χ1v) is 10.6. The fourth-order valence-electron chi connectivity index (χ4n) is 3.79. The molecule has 0 bridgehead atoms. The first kappa shape index (κ1) is 21.4. The Morgan fingerprint density at radius 2 is 1.86 bits per heavy atom. The Balaban J connectivity index is 1.61. The van der Waals surface area contributed by atoms with Crippen molar-refractivity contribution < 1.29 is 13.9 Å². The lowest BCUT2D eigenvalue weighted by Crippen LogP contribution is -2.33. The Morgan fingerprint density at radius 3 is 2.55 bits per heavy atom. The molecule has 1 fully saturated rings. The molecule has 0 aliphatic carbocycles. The van der Waals surface area contributed by atoms with Gasteiger partial charge in [-0.3, -0.25) is 4.90 Å². The third kappa shape index (κ3) is 6.10. The number of piperidine rings is 1. The van der Waals surface area contributed by atoms with Crippen LogP contribution in [0.25, 0.3) is 0 Å². The molecule has 158 valence electrons. The van der Waals surface area contributed by atoms with Crippen LogP contribution >= 0.6 is 0 Å². The second-order valence-electron chi connectivity index (χ2n) is 7.94. The summed E-state index contributed by atoms with van der Waals surface area (Å²) in [6.07, 6.45) is 3.82. The number of rotatable bonds is 9. The van der Waals surface area contributed by atoms with Crippen LogP contribution in [-0.4, -0.2) is 44.3 Å². The molecule has 1 heterocycles. The lowest BCUT2D eigenvalue weighted by atomic mass is 10.1. The van der Waals surface area contributed by atoms with Crippen LogP contribution in [-0.2, 0) is 6.54 Å². The summed E-state index contributed by atoms with van der Waals surface area (Å²) in [6, 6.07) is 13.5. The molecular formula is C24H33FN2O2. The van der Waals surface area contributed by atoms with Crippen LogP contribution in [0.4, 0.5) is 10.1 Å². The Kier molecular flexibility index (Phi) is 7.76. The lowest BCUT2D eigenvalue weighted by Gasteiger charge is -2.29. The summed E-state index contributed by atoms with van der Waals surface area (Å²) >= 11 is 0. The molecule has 1 saturated heterocycles. The Morgan fingerprint density at radius 1 is 1.07 bits per heavy atom. The molecular weight excluding hydrogens is 367 g/mol. The average molecular weight is 401 g/mol. The van der Waals surface area contributed by atoms with Gasteiger partial charge in [0.1, 0.15) is 12.4 Å². The maximum Gasteiger partial charge on any atom is 0.165 e. The number of methoxy groups -OCH3 is 1. The molecule has 2 aromatic carbocycles. The minimum absolute atomic E-state index is 0.269. The van der Waals surface area contributed by atoms with Crippen molar-refractivity contribution in [2.24, 2.45) is 0 Å². The topological polar surface area (TPSA) is 24.9 Å². The highest BCUT2D eigenvalue weighted by Gasteiger charge is 2.14. The summed E-state index contributed by atoms with van der Waals surface area (Å²) in [4.78, 5) is 4.62. The molecule has 4 nitrogen and oxygen atoms in total. The lowest BCUT2D eigenvalue weighted by molar-refractivity contribution is 0.180. The van der Waals surface area contributed by atoms with Gasteiger partial charge in [0.25, 0.3) is 0 Å². The summed E-state index contributed by atoms with van der Waals surface area (Å²) in [5.74, 6) is 0.857. The van der Waals surface area contributed by atoms with Gasteiger partial charge < -0.3 is 14.4 Å². The van der Waals surface area contributed by atoms with E-state index in [1.54, 1.807) is 19.2 Å². The molecule has 1 aliphatic rings. The quantitative estimate of drug-likeness (QED) is 0.584. The summed E-state index contributed by atoms with van der Waals surface area (Å²) in [5.41, 5.74) is 1.98. The average Bonchev–Trinajstić information content (AvgIpc) is 2.74. The van der Waals surface area contributed by atoms with Crippen LogP contribution in [0, 0.1) is 5.82 Å². The van der Waals surface area contributed by atoms with Crippen molar-refractivity contribution in [1.29, 1.82) is 0 Å². The van der Waals surface area contributed by atoms with Gasteiger partial charge in [-0.2, -0.15) is 0 Å². The highest BCUT2D eigenvalue weighted by Crippen LogP contribution is 2.26. The maximum atomic E-state index is 14.6. The van der Waals surface area contributed by atoms with Crippen molar-refractivity contribution in [2.45, 2.75) is 45.7 Å². The van der Waals surface area contributed by atoms with Gasteiger partial charge in [0.05, 0.1) is 7.11 Å². The third-order valence-electron chi connectivity index (χ3n) is 5.47. The number of nitrogens with zero attached hydrogens (tertiary/aromatic N) is 2. The first-order valence-electron chi connectivity index (χ1n) is 10.6. The summed E-state index contributed by atoms with van der Waals surface area (Å²) in [6.45, 7) is 8.52. The van der Waals surface area contributed by atoms with Crippen molar-refractivity contribution in [3.8, 4) is 11.5 Å². The number of anilines is 1. The minimum atomic E-state index is -0.296. The molecule has 0 N–H and O–H groups in total. The summed E-state index contributed by atoms with van der Waals surface area (Å²) in [5, 5.41) is 0. The maximum absolute atomic E-state index is 14.6. The molecule has 0 unspecified atom stereocenters. The smallest absolute Gasteiger partial charge is 0.165 e. The van der Waals surface area contributed by atoms with Gasteiger partial charge in [0, 0.05) is 30.9 Å². The molecule has 0 amide bonds. The van der Waals surface area contributed by atoms with Crippen LogP contribution < -0.4 is 14.4 Å². The number of hydrogen-bond donors (Lipinski definition) is 0. The van der Waals surface area contributed by atoms with Crippen molar-refractivity contribution >= 4 is 5.69 Å². The van der Waals surface area contributed by atoms with Gasteiger partial charge in [-0.15, -0.1) is 0 Å². The van der Waals surface area contributed by atoms with Gasteiger partial charge in [-0.1, -0.05) is 18.6 Å². The predicted molar refractivity (Wildman–Crippen MR) is 116 cm³/mol. The fourth-order valence-corrected chi connectivity index (χ4v) is 3.79. The molecule has 2 aromatic rings. The van der Waals surface area contributed by atoms with E-state index < -0.39 is 0 Å². The molecule has 5 heteroatoms. The van der Waals surface area contributed by atoms with E-state index in [4.69, 9.17) is 9.47 Å². The van der Waals surface area contributed by atoms with Crippen LogP contribution in [0.1, 0.15) is 38.7 Å². The number of benzene rings is 2. The molecule has 0 aromatic heterocycles. The third-order valence-corrected chi connectivity index (χ3v) is 5.47. The summed E-state index contributed by atoms with van der Waals surface area (Å²) in [7, 11) is 1.66. The normalized spacial score (nSPS) is 14.8. The Hall–Kier alpha value is -2.27. The number of likely N-dealkylation sites (tertiary alicyclic amines) is 1. The van der Waals surface area contributed by atoms with E-state index in [-0.39, 0.29) is 11.9 Å². The molecule has 1 aliphatic heterocycles. The minimum Gasteiger partial charge on any atom is -0.497 e. The van der Waals surface area contributed by atoms with Crippen LogP contribution in [0.2, 0.25) is 0 Å². The van der Waals surface area contributed by atoms with E-state index in [0.29, 0.717) is 18.9 Å². The van der Waals surface area contributed by atoms with E-state index in [1.807, 2.05) is 24.3 Å². The van der Waals surface area contributed by atoms with Crippen LogP contribution in [0.15, 0.2) is 42.5 Å². The second kappa shape index (κ2) is 10.5. The van der Waals surface area contributed by atoms with Crippen molar-refractivity contribution in [3.05, 3.63) is 53.8 Å². The van der Waals surface area contributed by atoms with E-state index in [0.717, 1.165) is 36.6 Å². The standard InChI is InChI=1S/C24H33FN2O2/c1-19(2)27(21-8-7-9-22(17-21)28-3)18-20-10-11-24(23(25)16-20)29-15-14-26-12-5-4-6-13-26/h7-11,16-17,19H,4-6,12-15,18H2,1-3H3. The molecule has 0 spiro atoms. The van der Waals surface area contributed by atoms with Crippen molar-refractivity contribution in [1.82, 2.24) is 4.90 Å². The number of halogens is 1. The Labute approximate surface area is 174 Å². The SMILES string of the molecule is COc1cccc(N(Cc2ccc(OCCN3CCCCC3)c(F)c2)C(C)C)c1. The largest absolute Gasteiger partial charge is 0.497 e. The van der Waals surface area contributed by atoms with Crippen LogP contribution in [0.3, 0.4) is 0 Å². The molecule has 0 saturated carbocycles. The first-order chi connectivity index (χ1) is 14.1. The van der Waals surface area contributed by atoms with E-state index in [2.05, 4.69) is 29.7 Å². The van der Waals surface area contributed by atoms with Crippen LogP contribution in [0.5, 0.6) is 11.5 Å². The molecule has 0 radical (unpaired) electrons. The molecule has 3 rings (SSSR count). The molecule has 0 atom stereocenters. The molecule has 29 heavy (non-hydrogen) atoms.